The average Bonchev–Trinajstić information content (AvgIpc) is 2.66. The van der Waals surface area contributed by atoms with Gasteiger partial charge in [0, 0.05) is 13.2 Å². The third-order valence-electron chi connectivity index (χ3n) is 2.52. The summed E-state index contributed by atoms with van der Waals surface area (Å²) in [6, 6.07) is -0.0340. The predicted molar refractivity (Wildman–Crippen MR) is 56.9 cm³/mol. The summed E-state index contributed by atoms with van der Waals surface area (Å²) < 4.78 is 10.7. The van der Waals surface area contributed by atoms with Gasteiger partial charge in [-0.3, -0.25) is 0 Å². The van der Waals surface area contributed by atoms with Crippen LogP contribution in [0.5, 0.6) is 0 Å². The molecule has 1 aliphatic heterocycles. The monoisotopic (exact) mass is 199 g/mol. The fraction of sp³-hybridized carbons (Fsp3) is 0.818. The molecule has 2 atom stereocenters. The van der Waals surface area contributed by atoms with Crippen LogP contribution in [0.1, 0.15) is 26.2 Å². The van der Waals surface area contributed by atoms with Crippen LogP contribution < -0.4 is 5.73 Å². The fourth-order valence-corrected chi connectivity index (χ4v) is 1.60. The molecule has 0 aromatic carbocycles. The second-order valence-corrected chi connectivity index (χ2v) is 3.89. The lowest BCUT2D eigenvalue weighted by Crippen LogP contribution is -2.27. The number of hydrogen-bond acceptors (Lipinski definition) is 3. The molecule has 0 aromatic heterocycles. The highest BCUT2D eigenvalue weighted by atomic mass is 16.5. The third kappa shape index (κ3) is 3.68. The Morgan fingerprint density at radius 2 is 2.50 bits per heavy atom. The molecule has 1 heterocycles. The van der Waals surface area contributed by atoms with Gasteiger partial charge in [-0.2, -0.15) is 0 Å². The molecule has 0 bridgehead atoms. The van der Waals surface area contributed by atoms with Crippen molar-refractivity contribution in [3.63, 3.8) is 0 Å². The molecule has 0 saturated carbocycles. The Morgan fingerprint density at radius 3 is 3.07 bits per heavy atom. The maximum Gasteiger partial charge on any atom is 0.105 e. The second-order valence-electron chi connectivity index (χ2n) is 3.89. The van der Waals surface area contributed by atoms with Gasteiger partial charge in [0.15, 0.2) is 0 Å². The van der Waals surface area contributed by atoms with E-state index in [0.29, 0.717) is 12.5 Å². The van der Waals surface area contributed by atoms with Crippen LogP contribution in [-0.2, 0) is 9.47 Å². The average molecular weight is 199 g/mol. The van der Waals surface area contributed by atoms with Crippen molar-refractivity contribution in [1.82, 2.24) is 0 Å². The molecule has 1 fully saturated rings. The summed E-state index contributed by atoms with van der Waals surface area (Å²) in [5.41, 5.74) is 5.96. The summed E-state index contributed by atoms with van der Waals surface area (Å²) in [4.78, 5) is 0. The second kappa shape index (κ2) is 6.04. The Morgan fingerprint density at radius 1 is 1.71 bits per heavy atom. The molecule has 14 heavy (non-hydrogen) atoms. The van der Waals surface area contributed by atoms with Crippen LogP contribution in [0.25, 0.3) is 0 Å². The predicted octanol–water partition coefficient (Wildman–Crippen LogP) is 1.68. The minimum atomic E-state index is -0.0340. The summed E-state index contributed by atoms with van der Waals surface area (Å²) in [7, 11) is 0. The number of hydrogen-bond donors (Lipinski definition) is 1. The van der Waals surface area contributed by atoms with Crippen molar-refractivity contribution in [2.45, 2.75) is 32.2 Å². The molecule has 0 spiro atoms. The molecule has 0 unspecified atom stereocenters. The van der Waals surface area contributed by atoms with Crippen molar-refractivity contribution >= 4 is 0 Å². The summed E-state index contributed by atoms with van der Waals surface area (Å²) in [5.74, 6) is 1.31. The van der Waals surface area contributed by atoms with Gasteiger partial charge in [-0.25, -0.2) is 0 Å². The van der Waals surface area contributed by atoms with E-state index in [4.69, 9.17) is 15.2 Å². The van der Waals surface area contributed by atoms with E-state index in [1.807, 2.05) is 0 Å². The van der Waals surface area contributed by atoms with Gasteiger partial charge in [-0.1, -0.05) is 13.5 Å². The van der Waals surface area contributed by atoms with Crippen LogP contribution in [-0.4, -0.2) is 25.9 Å². The Labute approximate surface area is 86.3 Å². The molecule has 0 amide bonds. The van der Waals surface area contributed by atoms with Gasteiger partial charge in [0.1, 0.15) is 5.76 Å². The Kier molecular flexibility index (Phi) is 4.98. The van der Waals surface area contributed by atoms with Gasteiger partial charge >= 0.3 is 0 Å². The van der Waals surface area contributed by atoms with Gasteiger partial charge in [-0.15, -0.1) is 0 Å². The van der Waals surface area contributed by atoms with Crippen molar-refractivity contribution in [2.24, 2.45) is 11.7 Å². The highest BCUT2D eigenvalue weighted by Gasteiger charge is 2.20. The van der Waals surface area contributed by atoms with Crippen molar-refractivity contribution in [2.75, 3.05) is 19.8 Å². The lowest BCUT2D eigenvalue weighted by Gasteiger charge is -2.18. The zero-order chi connectivity index (χ0) is 10.4. The molecule has 0 aliphatic carbocycles. The van der Waals surface area contributed by atoms with Gasteiger partial charge in [0.05, 0.1) is 12.6 Å². The Bertz CT molecular complexity index is 176. The SMILES string of the molecule is C=C(OCCC)[C@@H](N)C[C@@H]1CCOC1. The van der Waals surface area contributed by atoms with E-state index in [-0.39, 0.29) is 6.04 Å². The minimum Gasteiger partial charge on any atom is -0.497 e. The molecule has 3 nitrogen and oxygen atoms in total. The van der Waals surface area contributed by atoms with Crippen LogP contribution in [0.15, 0.2) is 12.3 Å². The highest BCUT2D eigenvalue weighted by Crippen LogP contribution is 2.20. The van der Waals surface area contributed by atoms with Gasteiger partial charge in [0.2, 0.25) is 0 Å². The molecular weight excluding hydrogens is 178 g/mol. The molecule has 2 N–H and O–H groups in total. The van der Waals surface area contributed by atoms with Crippen LogP contribution >= 0.6 is 0 Å². The van der Waals surface area contributed by atoms with Crippen molar-refractivity contribution in [3.05, 3.63) is 12.3 Å². The molecular formula is C11H21NO2. The molecule has 0 aromatic rings. The number of ether oxygens (including phenoxy) is 2. The van der Waals surface area contributed by atoms with Crippen molar-refractivity contribution < 1.29 is 9.47 Å². The normalized spacial score (nSPS) is 23.4. The number of nitrogens with two attached hydrogens (primary N) is 1. The van der Waals surface area contributed by atoms with E-state index in [1.54, 1.807) is 0 Å². The molecule has 1 saturated heterocycles. The standard InChI is InChI=1S/C11H21NO2/c1-3-5-14-9(2)11(12)7-10-4-6-13-8-10/h10-11H,2-8,12H2,1H3/t10-,11-/m0/s1. The quantitative estimate of drug-likeness (QED) is 0.662. The van der Waals surface area contributed by atoms with Gasteiger partial charge < -0.3 is 15.2 Å². The van der Waals surface area contributed by atoms with Gasteiger partial charge in [-0.05, 0) is 25.2 Å². The van der Waals surface area contributed by atoms with E-state index < -0.39 is 0 Å². The first-order valence-electron chi connectivity index (χ1n) is 5.39. The number of rotatable bonds is 6. The van der Waals surface area contributed by atoms with Crippen LogP contribution in [0, 0.1) is 5.92 Å². The first-order valence-corrected chi connectivity index (χ1v) is 5.39. The Hall–Kier alpha value is -0.540. The van der Waals surface area contributed by atoms with Crippen LogP contribution in [0.3, 0.4) is 0 Å². The van der Waals surface area contributed by atoms with Gasteiger partial charge in [0.25, 0.3) is 0 Å². The third-order valence-corrected chi connectivity index (χ3v) is 2.52. The first-order chi connectivity index (χ1) is 6.74. The topological polar surface area (TPSA) is 44.5 Å². The van der Waals surface area contributed by atoms with E-state index in [9.17, 15) is 0 Å². The summed E-state index contributed by atoms with van der Waals surface area (Å²) >= 11 is 0. The van der Waals surface area contributed by atoms with E-state index in [1.165, 1.54) is 0 Å². The lowest BCUT2D eigenvalue weighted by molar-refractivity contribution is 0.171. The molecule has 1 rings (SSSR count). The maximum atomic E-state index is 5.96. The van der Waals surface area contributed by atoms with E-state index >= 15 is 0 Å². The van der Waals surface area contributed by atoms with Crippen molar-refractivity contribution in [1.29, 1.82) is 0 Å². The minimum absolute atomic E-state index is 0.0340. The highest BCUT2D eigenvalue weighted by molar-refractivity contribution is 4.96. The van der Waals surface area contributed by atoms with E-state index in [0.717, 1.165) is 38.2 Å². The maximum absolute atomic E-state index is 5.96. The van der Waals surface area contributed by atoms with Crippen LogP contribution in [0.4, 0.5) is 0 Å². The fourth-order valence-electron chi connectivity index (χ4n) is 1.60. The largest absolute Gasteiger partial charge is 0.497 e. The zero-order valence-electron chi connectivity index (χ0n) is 9.00. The lowest BCUT2D eigenvalue weighted by atomic mass is 9.99. The van der Waals surface area contributed by atoms with E-state index in [2.05, 4.69) is 13.5 Å². The molecule has 3 heteroatoms. The first kappa shape index (κ1) is 11.5. The molecule has 82 valence electrons. The summed E-state index contributed by atoms with van der Waals surface area (Å²) in [6.07, 6.45) is 3.05. The van der Waals surface area contributed by atoms with Crippen LogP contribution in [0.2, 0.25) is 0 Å². The molecule has 0 radical (unpaired) electrons. The summed E-state index contributed by atoms with van der Waals surface area (Å²) in [5, 5.41) is 0. The molecule has 1 aliphatic rings. The van der Waals surface area contributed by atoms with Crippen molar-refractivity contribution in [3.8, 4) is 0 Å². The summed E-state index contributed by atoms with van der Waals surface area (Å²) in [6.45, 7) is 8.35. The smallest absolute Gasteiger partial charge is 0.105 e. The Balaban J connectivity index is 2.18. The zero-order valence-corrected chi connectivity index (χ0v) is 9.00.